The van der Waals surface area contributed by atoms with Gasteiger partial charge in [0.2, 0.25) is 5.75 Å². The summed E-state index contributed by atoms with van der Waals surface area (Å²) in [6, 6.07) is 10.7. The van der Waals surface area contributed by atoms with Gasteiger partial charge in [0.05, 0.1) is 17.7 Å². The monoisotopic (exact) mass is 413 g/mol. The Kier molecular flexibility index (Phi) is 5.63. The molecular formula is C19H15N3O8. The van der Waals surface area contributed by atoms with Crippen LogP contribution in [0.2, 0.25) is 0 Å². The van der Waals surface area contributed by atoms with Crippen LogP contribution in [0.25, 0.3) is 6.08 Å². The highest BCUT2D eigenvalue weighted by atomic mass is 16.6. The Morgan fingerprint density at radius 3 is 2.57 bits per heavy atom. The summed E-state index contributed by atoms with van der Waals surface area (Å²) in [5.74, 6) is -3.15. The van der Waals surface area contributed by atoms with E-state index < -0.39 is 35.0 Å². The largest absolute Gasteiger partial charge is 0.493 e. The van der Waals surface area contributed by atoms with Crippen molar-refractivity contribution in [1.29, 1.82) is 0 Å². The van der Waals surface area contributed by atoms with E-state index in [2.05, 4.69) is 5.43 Å². The van der Waals surface area contributed by atoms with Crippen molar-refractivity contribution in [2.45, 2.75) is 0 Å². The van der Waals surface area contributed by atoms with Crippen LogP contribution < -0.4 is 19.9 Å². The van der Waals surface area contributed by atoms with E-state index in [1.54, 1.807) is 30.3 Å². The number of para-hydroxylation sites is 1. The van der Waals surface area contributed by atoms with E-state index >= 15 is 0 Å². The van der Waals surface area contributed by atoms with Crippen molar-refractivity contribution in [2.24, 2.45) is 0 Å². The Labute approximate surface area is 169 Å². The maximum atomic E-state index is 12.7. The summed E-state index contributed by atoms with van der Waals surface area (Å²) < 4.78 is 10.1. The Morgan fingerprint density at radius 1 is 1.27 bits per heavy atom. The number of carboxylic acid groups (broad SMARTS) is 1. The number of aliphatic carboxylic acids is 1. The van der Waals surface area contributed by atoms with Gasteiger partial charge in [0.15, 0.2) is 12.4 Å². The van der Waals surface area contributed by atoms with E-state index in [4.69, 9.17) is 14.6 Å². The van der Waals surface area contributed by atoms with Crippen LogP contribution in [0.3, 0.4) is 0 Å². The van der Waals surface area contributed by atoms with E-state index in [0.717, 1.165) is 11.1 Å². The predicted molar refractivity (Wildman–Crippen MR) is 103 cm³/mol. The number of rotatable bonds is 7. The first-order valence-electron chi connectivity index (χ1n) is 8.45. The second kappa shape index (κ2) is 8.31. The highest BCUT2D eigenvalue weighted by Gasteiger charge is 2.34. The molecule has 0 radical (unpaired) electrons. The number of nitrogens with one attached hydrogen (secondary N) is 1. The third kappa shape index (κ3) is 4.04. The first-order valence-corrected chi connectivity index (χ1v) is 8.45. The summed E-state index contributed by atoms with van der Waals surface area (Å²) in [6.45, 7) is -0.815. The number of nitro groups is 1. The average molecular weight is 413 g/mol. The van der Waals surface area contributed by atoms with Crippen LogP contribution in [0.5, 0.6) is 11.5 Å². The molecular weight excluding hydrogens is 398 g/mol. The first-order chi connectivity index (χ1) is 14.3. The highest BCUT2D eigenvalue weighted by Crippen LogP contribution is 2.39. The number of carbonyl (C=O) groups is 3. The normalized spacial score (nSPS) is 14.6. The Hall–Kier alpha value is -4.41. The van der Waals surface area contributed by atoms with Crippen molar-refractivity contribution >= 4 is 35.2 Å². The minimum atomic E-state index is -1.33. The number of hydrazine groups is 1. The first kappa shape index (κ1) is 20.3. The van der Waals surface area contributed by atoms with Crippen molar-refractivity contribution in [2.75, 3.05) is 18.7 Å². The number of hydrogen-bond acceptors (Lipinski definition) is 7. The van der Waals surface area contributed by atoms with E-state index in [1.807, 2.05) is 0 Å². The van der Waals surface area contributed by atoms with Gasteiger partial charge in [-0.3, -0.25) is 25.1 Å². The van der Waals surface area contributed by atoms with Gasteiger partial charge in [-0.25, -0.2) is 9.80 Å². The molecule has 2 N–H and O–H groups in total. The molecule has 0 bridgehead atoms. The minimum Gasteiger partial charge on any atom is -0.493 e. The van der Waals surface area contributed by atoms with Crippen LogP contribution >= 0.6 is 0 Å². The van der Waals surface area contributed by atoms with Crippen LogP contribution in [-0.4, -0.2) is 41.5 Å². The topological polar surface area (TPSA) is 148 Å². The molecule has 1 aliphatic heterocycles. The zero-order chi connectivity index (χ0) is 21.8. The molecule has 0 atom stereocenters. The summed E-state index contributed by atoms with van der Waals surface area (Å²) >= 11 is 0. The number of anilines is 1. The maximum absolute atomic E-state index is 12.7. The zero-order valence-corrected chi connectivity index (χ0v) is 15.5. The SMILES string of the molecule is COc1cc(/C=C2/C(=O)NN(c3ccccc3)C2=O)cc([N+](=O)[O-])c1OCC(=O)O. The molecule has 30 heavy (non-hydrogen) atoms. The van der Waals surface area contributed by atoms with Crippen molar-refractivity contribution in [3.05, 3.63) is 63.7 Å². The molecule has 0 saturated carbocycles. The number of nitrogens with zero attached hydrogens (tertiary/aromatic N) is 2. The van der Waals surface area contributed by atoms with Gasteiger partial charge < -0.3 is 14.6 Å². The molecule has 1 heterocycles. The van der Waals surface area contributed by atoms with E-state index in [-0.39, 0.29) is 22.6 Å². The average Bonchev–Trinajstić information content (AvgIpc) is 3.00. The second-order valence-corrected chi connectivity index (χ2v) is 5.99. The molecule has 154 valence electrons. The molecule has 2 amide bonds. The summed E-state index contributed by atoms with van der Waals surface area (Å²) in [5, 5.41) is 21.3. The Bertz CT molecular complexity index is 1060. The summed E-state index contributed by atoms with van der Waals surface area (Å²) in [4.78, 5) is 46.3. The van der Waals surface area contributed by atoms with E-state index in [1.165, 1.54) is 19.3 Å². The van der Waals surface area contributed by atoms with Crippen LogP contribution in [0, 0.1) is 10.1 Å². The number of carbonyl (C=O) groups excluding carboxylic acids is 2. The number of benzene rings is 2. The lowest BCUT2D eigenvalue weighted by Crippen LogP contribution is -2.35. The molecule has 0 unspecified atom stereocenters. The Morgan fingerprint density at radius 2 is 1.97 bits per heavy atom. The van der Waals surface area contributed by atoms with Crippen molar-refractivity contribution in [3.63, 3.8) is 0 Å². The lowest BCUT2D eigenvalue weighted by atomic mass is 10.1. The van der Waals surface area contributed by atoms with Gasteiger partial charge in [-0.05, 0) is 29.8 Å². The number of carboxylic acids is 1. The molecule has 1 aliphatic rings. The summed E-state index contributed by atoms with van der Waals surface area (Å²) in [6.07, 6.45) is 1.18. The molecule has 3 rings (SSSR count). The second-order valence-electron chi connectivity index (χ2n) is 5.99. The molecule has 0 spiro atoms. The molecule has 0 aliphatic carbocycles. The molecule has 1 saturated heterocycles. The molecule has 11 heteroatoms. The highest BCUT2D eigenvalue weighted by molar-refractivity contribution is 6.31. The fourth-order valence-corrected chi connectivity index (χ4v) is 2.74. The van der Waals surface area contributed by atoms with Gasteiger partial charge in [0, 0.05) is 6.07 Å². The van der Waals surface area contributed by atoms with Crippen LogP contribution in [0.1, 0.15) is 5.56 Å². The van der Waals surface area contributed by atoms with Gasteiger partial charge in [-0.15, -0.1) is 0 Å². The number of methoxy groups -OCH3 is 1. The van der Waals surface area contributed by atoms with Gasteiger partial charge in [0.1, 0.15) is 5.57 Å². The van der Waals surface area contributed by atoms with Crippen LogP contribution in [-0.2, 0) is 14.4 Å². The number of hydrogen-bond donors (Lipinski definition) is 2. The molecule has 11 nitrogen and oxygen atoms in total. The fourth-order valence-electron chi connectivity index (χ4n) is 2.74. The zero-order valence-electron chi connectivity index (χ0n) is 15.5. The van der Waals surface area contributed by atoms with Crippen LogP contribution in [0.4, 0.5) is 11.4 Å². The van der Waals surface area contributed by atoms with Crippen molar-refractivity contribution < 1.29 is 33.9 Å². The maximum Gasteiger partial charge on any atom is 0.341 e. The molecule has 2 aromatic carbocycles. The number of ether oxygens (including phenoxy) is 2. The smallest absolute Gasteiger partial charge is 0.341 e. The number of nitro benzene ring substituents is 1. The van der Waals surface area contributed by atoms with Crippen LogP contribution in [0.15, 0.2) is 48.0 Å². The summed E-state index contributed by atoms with van der Waals surface area (Å²) in [7, 11) is 1.22. The van der Waals surface area contributed by atoms with E-state index in [9.17, 15) is 24.5 Å². The standard InChI is InChI=1S/C19H15N3O8/c1-29-15-9-11(8-14(22(27)28)17(15)30-10-16(23)24)7-13-18(25)20-21(19(13)26)12-5-3-2-4-6-12/h2-9H,10H2,1H3,(H,20,25)(H,23,24)/b13-7-. The third-order valence-corrected chi connectivity index (χ3v) is 4.03. The fraction of sp³-hybridized carbons (Fsp3) is 0.105. The van der Waals surface area contributed by atoms with Crippen molar-refractivity contribution in [3.8, 4) is 11.5 Å². The molecule has 2 aromatic rings. The van der Waals surface area contributed by atoms with Gasteiger partial charge in [0.25, 0.3) is 11.8 Å². The van der Waals surface area contributed by atoms with Gasteiger partial charge in [-0.2, -0.15) is 0 Å². The van der Waals surface area contributed by atoms with E-state index in [0.29, 0.717) is 5.69 Å². The van der Waals surface area contributed by atoms with Crippen molar-refractivity contribution in [1.82, 2.24) is 5.43 Å². The Balaban J connectivity index is 2.01. The molecule has 1 fully saturated rings. The van der Waals surface area contributed by atoms with Gasteiger partial charge in [-0.1, -0.05) is 18.2 Å². The lowest BCUT2D eigenvalue weighted by Gasteiger charge is -2.14. The third-order valence-electron chi connectivity index (χ3n) is 4.03. The summed E-state index contributed by atoms with van der Waals surface area (Å²) in [5.41, 5.74) is 2.17. The number of amides is 2. The predicted octanol–water partition coefficient (Wildman–Crippen LogP) is 1.53. The lowest BCUT2D eigenvalue weighted by molar-refractivity contribution is -0.385. The minimum absolute atomic E-state index is 0.120. The quantitative estimate of drug-likeness (QED) is 0.300. The molecule has 0 aromatic heterocycles. The van der Waals surface area contributed by atoms with Gasteiger partial charge >= 0.3 is 11.7 Å².